The Kier molecular flexibility index (Phi) is 7.40. The molecule has 0 aliphatic carbocycles. The standard InChI is InChI=1S/C31H27Cl2N7O2/c1-31(34,40-16-6-12-25(40)41)21-13-14-22(39-30(21)42-2)20-9-3-7-18(26(20)32)19-8-4-10-23(27(19)33)38-29-28-24(36-17-37-29)11-5-15-35-28/h3-5,7-11,13-15,17H,6,12,16,34H2,1-2H3,(H,36,37,38). The van der Waals surface area contributed by atoms with Gasteiger partial charge in [-0.2, -0.15) is 0 Å². The molecule has 9 nitrogen and oxygen atoms in total. The molecule has 0 bridgehead atoms. The molecule has 0 spiro atoms. The van der Waals surface area contributed by atoms with Crippen LogP contribution in [0.15, 0.2) is 73.2 Å². The number of nitrogens with one attached hydrogen (secondary N) is 1. The maximum Gasteiger partial charge on any atom is 0.224 e. The number of amides is 1. The van der Waals surface area contributed by atoms with E-state index in [2.05, 4.69) is 20.3 Å². The zero-order valence-electron chi connectivity index (χ0n) is 22.9. The predicted octanol–water partition coefficient (Wildman–Crippen LogP) is 6.57. The third-order valence-electron chi connectivity index (χ3n) is 7.44. The molecule has 1 amide bonds. The van der Waals surface area contributed by atoms with Gasteiger partial charge in [-0.25, -0.2) is 15.0 Å². The van der Waals surface area contributed by atoms with Crippen molar-refractivity contribution in [2.45, 2.75) is 25.4 Å². The third-order valence-corrected chi connectivity index (χ3v) is 8.26. The number of hydrogen-bond donors (Lipinski definition) is 2. The van der Waals surface area contributed by atoms with Crippen LogP contribution < -0.4 is 15.8 Å². The lowest BCUT2D eigenvalue weighted by Gasteiger charge is -2.36. The van der Waals surface area contributed by atoms with Gasteiger partial charge in [0.2, 0.25) is 11.8 Å². The minimum Gasteiger partial charge on any atom is -0.481 e. The van der Waals surface area contributed by atoms with Gasteiger partial charge in [-0.1, -0.05) is 53.5 Å². The van der Waals surface area contributed by atoms with Gasteiger partial charge in [0.05, 0.1) is 39.6 Å². The Morgan fingerprint density at radius 2 is 1.71 bits per heavy atom. The average Bonchev–Trinajstić information content (AvgIpc) is 3.45. The van der Waals surface area contributed by atoms with Crippen molar-refractivity contribution < 1.29 is 9.53 Å². The van der Waals surface area contributed by atoms with E-state index in [1.807, 2.05) is 60.7 Å². The van der Waals surface area contributed by atoms with Gasteiger partial charge in [0.25, 0.3) is 0 Å². The molecule has 5 aromatic rings. The summed E-state index contributed by atoms with van der Waals surface area (Å²) in [7, 11) is 1.53. The number of fused-ring (bicyclic) bond motifs is 1. The highest BCUT2D eigenvalue weighted by Gasteiger charge is 2.38. The summed E-state index contributed by atoms with van der Waals surface area (Å²) < 4.78 is 5.65. The Morgan fingerprint density at radius 1 is 0.952 bits per heavy atom. The first-order valence-electron chi connectivity index (χ1n) is 13.3. The molecule has 3 aromatic heterocycles. The molecule has 1 saturated heterocycles. The van der Waals surface area contributed by atoms with Crippen LogP contribution in [0.5, 0.6) is 5.88 Å². The number of carbonyl (C=O) groups is 1. The lowest BCUT2D eigenvalue weighted by Crippen LogP contribution is -2.51. The van der Waals surface area contributed by atoms with Crippen molar-refractivity contribution in [3.8, 4) is 28.3 Å². The number of anilines is 2. The molecular formula is C31H27Cl2N7O2. The highest BCUT2D eigenvalue weighted by molar-refractivity contribution is 6.39. The Bertz CT molecular complexity index is 1820. The van der Waals surface area contributed by atoms with Crippen molar-refractivity contribution in [2.24, 2.45) is 5.73 Å². The minimum absolute atomic E-state index is 0.0136. The minimum atomic E-state index is -1.07. The summed E-state index contributed by atoms with van der Waals surface area (Å²) >= 11 is 14.0. The number of likely N-dealkylation sites (tertiary alicyclic amines) is 1. The number of aromatic nitrogens is 4. The Labute approximate surface area is 252 Å². The zero-order chi connectivity index (χ0) is 29.4. The molecule has 1 aliphatic rings. The molecule has 6 rings (SSSR count). The molecule has 1 unspecified atom stereocenters. The molecule has 0 saturated carbocycles. The Morgan fingerprint density at radius 3 is 2.48 bits per heavy atom. The van der Waals surface area contributed by atoms with Crippen LogP contribution in [-0.2, 0) is 10.5 Å². The molecule has 2 aromatic carbocycles. The van der Waals surface area contributed by atoms with Gasteiger partial charge in [-0.15, -0.1) is 0 Å². The van der Waals surface area contributed by atoms with Crippen molar-refractivity contribution in [3.63, 3.8) is 0 Å². The van der Waals surface area contributed by atoms with Gasteiger partial charge in [0.1, 0.15) is 17.5 Å². The number of carbonyl (C=O) groups excluding carboxylic acids is 1. The van der Waals surface area contributed by atoms with E-state index in [0.29, 0.717) is 68.3 Å². The second-order valence-corrected chi connectivity index (χ2v) is 10.9. The summed E-state index contributed by atoms with van der Waals surface area (Å²) in [4.78, 5) is 31.9. The highest BCUT2D eigenvalue weighted by atomic mass is 35.5. The van der Waals surface area contributed by atoms with Crippen LogP contribution in [0.1, 0.15) is 25.3 Å². The summed E-state index contributed by atoms with van der Waals surface area (Å²) in [6.07, 6.45) is 4.42. The van der Waals surface area contributed by atoms with E-state index in [-0.39, 0.29) is 5.91 Å². The van der Waals surface area contributed by atoms with E-state index in [0.717, 1.165) is 17.5 Å². The second-order valence-electron chi connectivity index (χ2n) is 10.1. The lowest BCUT2D eigenvalue weighted by atomic mass is 9.98. The maximum absolute atomic E-state index is 12.5. The Hall–Kier alpha value is -4.31. The summed E-state index contributed by atoms with van der Waals surface area (Å²) in [6, 6.07) is 18.7. The van der Waals surface area contributed by atoms with Crippen molar-refractivity contribution in [1.82, 2.24) is 24.8 Å². The van der Waals surface area contributed by atoms with Gasteiger partial charge in [-0.3, -0.25) is 9.78 Å². The Balaban J connectivity index is 1.37. The van der Waals surface area contributed by atoms with Crippen molar-refractivity contribution in [1.29, 1.82) is 0 Å². The van der Waals surface area contributed by atoms with Crippen LogP contribution in [0.25, 0.3) is 33.4 Å². The molecule has 1 fully saturated rings. The van der Waals surface area contributed by atoms with E-state index < -0.39 is 5.66 Å². The van der Waals surface area contributed by atoms with Crippen LogP contribution in [0.2, 0.25) is 10.0 Å². The van der Waals surface area contributed by atoms with Crippen LogP contribution in [0.3, 0.4) is 0 Å². The van der Waals surface area contributed by atoms with E-state index in [9.17, 15) is 4.79 Å². The van der Waals surface area contributed by atoms with Crippen LogP contribution in [0, 0.1) is 0 Å². The average molecular weight is 601 g/mol. The number of rotatable bonds is 7. The molecule has 11 heteroatoms. The van der Waals surface area contributed by atoms with Crippen LogP contribution in [-0.4, -0.2) is 44.4 Å². The first-order chi connectivity index (χ1) is 20.3. The fourth-order valence-electron chi connectivity index (χ4n) is 5.30. The van der Waals surface area contributed by atoms with Gasteiger partial charge >= 0.3 is 0 Å². The molecule has 3 N–H and O–H groups in total. The van der Waals surface area contributed by atoms with Crippen molar-refractivity contribution in [2.75, 3.05) is 19.0 Å². The molecule has 0 radical (unpaired) electrons. The number of nitrogens with two attached hydrogens (primary N) is 1. The lowest BCUT2D eigenvalue weighted by molar-refractivity contribution is -0.133. The van der Waals surface area contributed by atoms with Gasteiger partial charge in [-0.05, 0) is 43.7 Å². The van der Waals surface area contributed by atoms with Gasteiger partial charge in [0.15, 0.2) is 5.82 Å². The topological polar surface area (TPSA) is 119 Å². The second kappa shape index (κ2) is 11.2. The summed E-state index contributed by atoms with van der Waals surface area (Å²) in [6.45, 7) is 2.38. The monoisotopic (exact) mass is 599 g/mol. The van der Waals surface area contributed by atoms with Gasteiger partial charge in [0, 0.05) is 35.9 Å². The summed E-state index contributed by atoms with van der Waals surface area (Å²) in [5.41, 5.74) is 10.9. The SMILES string of the molecule is COc1nc(-c2cccc(-c3cccc(Nc4ncnc5cccnc45)c3Cl)c2Cl)ccc1C(C)(N)N1CCCC1=O. The number of halogens is 2. The number of ether oxygens (including phenoxy) is 1. The number of benzene rings is 2. The normalized spacial score (nSPS) is 14.7. The number of pyridine rings is 2. The highest BCUT2D eigenvalue weighted by Crippen LogP contribution is 2.43. The van der Waals surface area contributed by atoms with Crippen molar-refractivity contribution in [3.05, 3.63) is 88.8 Å². The maximum atomic E-state index is 12.5. The quantitative estimate of drug-likeness (QED) is 0.215. The van der Waals surface area contributed by atoms with E-state index in [1.165, 1.54) is 13.4 Å². The molecule has 1 aliphatic heterocycles. The van der Waals surface area contributed by atoms with E-state index in [4.69, 9.17) is 38.7 Å². The van der Waals surface area contributed by atoms with E-state index in [1.54, 1.807) is 18.0 Å². The van der Waals surface area contributed by atoms with E-state index >= 15 is 0 Å². The first kappa shape index (κ1) is 27.8. The summed E-state index contributed by atoms with van der Waals surface area (Å²) in [5, 5.41) is 4.23. The number of hydrogen-bond acceptors (Lipinski definition) is 8. The molecule has 212 valence electrons. The molecule has 42 heavy (non-hydrogen) atoms. The fourth-order valence-corrected chi connectivity index (χ4v) is 5.90. The summed E-state index contributed by atoms with van der Waals surface area (Å²) in [5.74, 6) is 0.881. The zero-order valence-corrected chi connectivity index (χ0v) is 24.4. The predicted molar refractivity (Wildman–Crippen MR) is 165 cm³/mol. The molecule has 1 atom stereocenters. The molecule has 4 heterocycles. The molecular weight excluding hydrogens is 573 g/mol. The largest absolute Gasteiger partial charge is 0.481 e. The smallest absolute Gasteiger partial charge is 0.224 e. The van der Waals surface area contributed by atoms with Crippen LogP contribution in [0.4, 0.5) is 11.5 Å². The van der Waals surface area contributed by atoms with Crippen LogP contribution >= 0.6 is 23.2 Å². The number of nitrogens with zero attached hydrogens (tertiary/aromatic N) is 5. The first-order valence-corrected chi connectivity index (χ1v) is 14.1. The third kappa shape index (κ3) is 4.89. The van der Waals surface area contributed by atoms with Crippen molar-refractivity contribution >= 4 is 51.6 Å². The van der Waals surface area contributed by atoms with Gasteiger partial charge < -0.3 is 20.7 Å². The number of methoxy groups -OCH3 is 1. The fraction of sp³-hybridized carbons (Fsp3) is 0.194.